The summed E-state index contributed by atoms with van der Waals surface area (Å²) in [4.78, 5) is 0. The zero-order chi connectivity index (χ0) is 11.3. The molecule has 1 saturated carbocycles. The summed E-state index contributed by atoms with van der Waals surface area (Å²) < 4.78 is 0. The van der Waals surface area contributed by atoms with Gasteiger partial charge in [0.25, 0.3) is 0 Å². The fraction of sp³-hybridized carbons (Fsp3) is 1.00. The summed E-state index contributed by atoms with van der Waals surface area (Å²) in [6, 6.07) is 1.53. The van der Waals surface area contributed by atoms with Crippen molar-refractivity contribution < 1.29 is 0 Å². The van der Waals surface area contributed by atoms with Gasteiger partial charge >= 0.3 is 0 Å². The van der Waals surface area contributed by atoms with Crippen LogP contribution in [0.25, 0.3) is 0 Å². The van der Waals surface area contributed by atoms with Crippen LogP contribution in [-0.2, 0) is 0 Å². The summed E-state index contributed by atoms with van der Waals surface area (Å²) >= 11 is 0. The fourth-order valence-corrected chi connectivity index (χ4v) is 2.97. The zero-order valence-electron chi connectivity index (χ0n) is 11.1. The normalized spacial score (nSPS) is 29.4. The number of hydrogen-bond acceptors (Lipinski definition) is 1. The van der Waals surface area contributed by atoms with Crippen molar-refractivity contribution in [3.05, 3.63) is 0 Å². The van der Waals surface area contributed by atoms with Gasteiger partial charge in [-0.25, -0.2) is 0 Å². The maximum absolute atomic E-state index is 3.91. The molecule has 3 unspecified atom stereocenters. The summed E-state index contributed by atoms with van der Waals surface area (Å²) in [5.41, 5.74) is 0. The predicted molar refractivity (Wildman–Crippen MR) is 68.1 cm³/mol. The van der Waals surface area contributed by atoms with Gasteiger partial charge in [-0.1, -0.05) is 47.0 Å². The molecule has 3 atom stereocenters. The second-order valence-corrected chi connectivity index (χ2v) is 5.48. The van der Waals surface area contributed by atoms with Gasteiger partial charge in [-0.05, 0) is 31.1 Å². The second kappa shape index (κ2) is 6.52. The minimum Gasteiger partial charge on any atom is -0.311 e. The smallest absolute Gasteiger partial charge is 0.00979 e. The van der Waals surface area contributed by atoms with Crippen molar-refractivity contribution in [2.75, 3.05) is 0 Å². The van der Waals surface area contributed by atoms with Crippen LogP contribution in [0.2, 0.25) is 0 Å². The molecule has 0 spiro atoms. The van der Waals surface area contributed by atoms with Crippen LogP contribution in [0.15, 0.2) is 0 Å². The van der Waals surface area contributed by atoms with Crippen LogP contribution in [-0.4, -0.2) is 12.1 Å². The summed E-state index contributed by atoms with van der Waals surface area (Å²) in [6.45, 7) is 9.33. The van der Waals surface area contributed by atoms with Crippen molar-refractivity contribution in [2.45, 2.75) is 78.3 Å². The highest BCUT2D eigenvalue weighted by molar-refractivity contribution is 4.83. The van der Waals surface area contributed by atoms with Gasteiger partial charge in [0.05, 0.1) is 0 Å². The van der Waals surface area contributed by atoms with Gasteiger partial charge in [0, 0.05) is 12.1 Å². The lowest BCUT2D eigenvalue weighted by molar-refractivity contribution is 0.216. The first-order valence-corrected chi connectivity index (χ1v) is 6.95. The van der Waals surface area contributed by atoms with Crippen molar-refractivity contribution in [1.29, 1.82) is 0 Å². The van der Waals surface area contributed by atoms with Crippen LogP contribution in [0.5, 0.6) is 0 Å². The minimum atomic E-state index is 0.724. The molecular weight excluding hydrogens is 182 g/mol. The Morgan fingerprint density at radius 1 is 1.13 bits per heavy atom. The number of hydrogen-bond donors (Lipinski definition) is 1. The molecule has 1 nitrogen and oxygen atoms in total. The van der Waals surface area contributed by atoms with Crippen molar-refractivity contribution in [2.24, 2.45) is 11.8 Å². The van der Waals surface area contributed by atoms with Gasteiger partial charge in [0.2, 0.25) is 0 Å². The molecule has 0 amide bonds. The largest absolute Gasteiger partial charge is 0.311 e. The van der Waals surface area contributed by atoms with Crippen molar-refractivity contribution in [1.82, 2.24) is 5.32 Å². The van der Waals surface area contributed by atoms with Crippen molar-refractivity contribution >= 4 is 0 Å². The molecule has 0 bridgehead atoms. The molecule has 0 aromatic carbocycles. The Bertz CT molecular complexity index is 165. The Hall–Kier alpha value is -0.0400. The zero-order valence-corrected chi connectivity index (χ0v) is 11.1. The highest BCUT2D eigenvalue weighted by atomic mass is 15.0. The molecular formula is C14H29N. The average molecular weight is 211 g/mol. The molecule has 0 aromatic heterocycles. The third-order valence-electron chi connectivity index (χ3n) is 4.11. The van der Waals surface area contributed by atoms with Crippen LogP contribution in [0.3, 0.4) is 0 Å². The summed E-state index contributed by atoms with van der Waals surface area (Å²) in [7, 11) is 0. The van der Waals surface area contributed by atoms with E-state index in [1.807, 2.05) is 0 Å². The molecule has 1 heteroatoms. The lowest BCUT2D eigenvalue weighted by atomic mass is 9.82. The van der Waals surface area contributed by atoms with E-state index in [-0.39, 0.29) is 0 Å². The quantitative estimate of drug-likeness (QED) is 0.725. The first kappa shape index (κ1) is 13.0. The van der Waals surface area contributed by atoms with Gasteiger partial charge < -0.3 is 5.32 Å². The molecule has 1 rings (SSSR count). The summed E-state index contributed by atoms with van der Waals surface area (Å²) in [6.07, 6.45) is 8.36. The lowest BCUT2D eigenvalue weighted by Crippen LogP contribution is -2.46. The Morgan fingerprint density at radius 3 is 2.33 bits per heavy atom. The summed E-state index contributed by atoms with van der Waals surface area (Å²) in [5, 5.41) is 3.91. The Labute approximate surface area is 96.0 Å². The van der Waals surface area contributed by atoms with E-state index in [4.69, 9.17) is 0 Å². The number of rotatable bonds is 5. The molecule has 1 aliphatic rings. The van der Waals surface area contributed by atoms with E-state index < -0.39 is 0 Å². The Kier molecular flexibility index (Phi) is 5.66. The lowest BCUT2D eigenvalue weighted by Gasteiger charge is -2.36. The molecule has 0 saturated heterocycles. The van der Waals surface area contributed by atoms with Crippen LogP contribution in [0, 0.1) is 11.8 Å². The first-order chi connectivity index (χ1) is 7.19. The molecule has 90 valence electrons. The van der Waals surface area contributed by atoms with Gasteiger partial charge in [0.1, 0.15) is 0 Å². The van der Waals surface area contributed by atoms with Crippen molar-refractivity contribution in [3.63, 3.8) is 0 Å². The monoisotopic (exact) mass is 211 g/mol. The van der Waals surface area contributed by atoms with E-state index >= 15 is 0 Å². The van der Waals surface area contributed by atoms with Crippen molar-refractivity contribution in [3.8, 4) is 0 Å². The van der Waals surface area contributed by atoms with E-state index in [9.17, 15) is 0 Å². The van der Waals surface area contributed by atoms with E-state index in [1.54, 1.807) is 0 Å². The van der Waals surface area contributed by atoms with Crippen LogP contribution in [0.1, 0.15) is 66.2 Å². The molecule has 1 N–H and O–H groups in total. The SMILES string of the molecule is CCC1CCCCC1NC(CC)C(C)C. The van der Waals surface area contributed by atoms with Crippen LogP contribution >= 0.6 is 0 Å². The molecule has 0 aliphatic heterocycles. The maximum atomic E-state index is 3.91. The molecule has 0 radical (unpaired) electrons. The van der Waals surface area contributed by atoms with Crippen LogP contribution in [0.4, 0.5) is 0 Å². The predicted octanol–water partition coefficient (Wildman–Crippen LogP) is 3.98. The standard InChI is InChI=1S/C14H29N/c1-5-12-9-7-8-10-14(12)15-13(6-2)11(3)4/h11-15H,5-10H2,1-4H3. The Balaban J connectivity index is 2.46. The van der Waals surface area contributed by atoms with Gasteiger partial charge in [-0.2, -0.15) is 0 Å². The first-order valence-electron chi connectivity index (χ1n) is 6.95. The fourth-order valence-electron chi connectivity index (χ4n) is 2.97. The van der Waals surface area contributed by atoms with E-state index in [0.717, 1.165) is 23.9 Å². The Morgan fingerprint density at radius 2 is 1.80 bits per heavy atom. The second-order valence-electron chi connectivity index (χ2n) is 5.48. The molecule has 0 heterocycles. The third-order valence-corrected chi connectivity index (χ3v) is 4.11. The number of nitrogens with one attached hydrogen (secondary N) is 1. The highest BCUT2D eigenvalue weighted by Gasteiger charge is 2.25. The van der Waals surface area contributed by atoms with Gasteiger partial charge in [-0.3, -0.25) is 0 Å². The topological polar surface area (TPSA) is 12.0 Å². The average Bonchev–Trinajstić information content (AvgIpc) is 2.25. The van der Waals surface area contributed by atoms with E-state index in [1.165, 1.54) is 38.5 Å². The van der Waals surface area contributed by atoms with E-state index in [0.29, 0.717) is 0 Å². The van der Waals surface area contributed by atoms with E-state index in [2.05, 4.69) is 33.0 Å². The third kappa shape index (κ3) is 3.79. The van der Waals surface area contributed by atoms with Gasteiger partial charge in [0.15, 0.2) is 0 Å². The minimum absolute atomic E-state index is 0.724. The molecule has 15 heavy (non-hydrogen) atoms. The molecule has 1 aliphatic carbocycles. The van der Waals surface area contributed by atoms with Gasteiger partial charge in [-0.15, -0.1) is 0 Å². The molecule has 0 aromatic rings. The molecule has 1 fully saturated rings. The summed E-state index contributed by atoms with van der Waals surface area (Å²) in [5.74, 6) is 1.71. The maximum Gasteiger partial charge on any atom is 0.00979 e. The highest BCUT2D eigenvalue weighted by Crippen LogP contribution is 2.27. The van der Waals surface area contributed by atoms with Crippen LogP contribution < -0.4 is 5.32 Å².